The van der Waals surface area contributed by atoms with E-state index in [1.54, 1.807) is 6.20 Å². The van der Waals surface area contributed by atoms with Gasteiger partial charge in [-0.2, -0.15) is 0 Å². The molecule has 0 saturated carbocycles. The van der Waals surface area contributed by atoms with Crippen LogP contribution < -0.4 is 10.1 Å². The van der Waals surface area contributed by atoms with Crippen molar-refractivity contribution in [1.82, 2.24) is 10.3 Å². The van der Waals surface area contributed by atoms with Crippen LogP contribution in [0.4, 0.5) is 0 Å². The molecular formula is C16H26N2O. The Bertz CT molecular complexity index is 411. The Morgan fingerprint density at radius 1 is 1.32 bits per heavy atom. The van der Waals surface area contributed by atoms with E-state index in [1.165, 1.54) is 5.57 Å². The number of pyridine rings is 1. The summed E-state index contributed by atoms with van der Waals surface area (Å²) in [5, 5.41) is 3.40. The molecule has 106 valence electrons. The maximum atomic E-state index is 5.66. The first-order valence-corrected chi connectivity index (χ1v) is 7.01. The smallest absolute Gasteiger partial charge is 0.138 e. The molecule has 0 radical (unpaired) electrons. The summed E-state index contributed by atoms with van der Waals surface area (Å²) in [6.07, 6.45) is 7.09. The first-order chi connectivity index (χ1) is 8.99. The van der Waals surface area contributed by atoms with Gasteiger partial charge in [0.25, 0.3) is 0 Å². The van der Waals surface area contributed by atoms with Crippen molar-refractivity contribution in [3.63, 3.8) is 0 Å². The van der Waals surface area contributed by atoms with Gasteiger partial charge in [0.2, 0.25) is 0 Å². The molecule has 0 aliphatic rings. The van der Waals surface area contributed by atoms with Crippen LogP contribution in [0.2, 0.25) is 0 Å². The third kappa shape index (κ3) is 6.39. The second-order valence-electron chi connectivity index (χ2n) is 5.36. The lowest BCUT2D eigenvalue weighted by atomic mass is 10.1. The summed E-state index contributed by atoms with van der Waals surface area (Å²) in [4.78, 5) is 4.23. The second kappa shape index (κ2) is 7.95. The van der Waals surface area contributed by atoms with E-state index in [4.69, 9.17) is 4.74 Å². The lowest BCUT2D eigenvalue weighted by Crippen LogP contribution is -2.23. The van der Waals surface area contributed by atoms with E-state index in [0.717, 1.165) is 24.3 Å². The average molecular weight is 262 g/mol. The molecule has 1 aromatic heterocycles. The van der Waals surface area contributed by atoms with E-state index in [0.29, 0.717) is 6.04 Å². The molecule has 1 N–H and O–H groups in total. The number of rotatable bonds is 7. The highest BCUT2D eigenvalue weighted by molar-refractivity contribution is 5.63. The fraction of sp³-hybridized carbons (Fsp3) is 0.562. The zero-order valence-electron chi connectivity index (χ0n) is 12.7. The number of allylic oxidation sites excluding steroid dienone is 1. The van der Waals surface area contributed by atoms with Crippen molar-refractivity contribution in [3.8, 4) is 5.75 Å². The van der Waals surface area contributed by atoms with Crippen molar-refractivity contribution in [2.75, 3.05) is 6.54 Å². The summed E-state index contributed by atoms with van der Waals surface area (Å²) in [6.45, 7) is 11.5. The molecule has 1 rings (SSSR count). The predicted molar refractivity (Wildman–Crippen MR) is 81.4 cm³/mol. The molecule has 0 aliphatic carbocycles. The molecule has 0 amide bonds. The van der Waals surface area contributed by atoms with Crippen molar-refractivity contribution in [3.05, 3.63) is 30.1 Å². The van der Waals surface area contributed by atoms with Crippen molar-refractivity contribution in [2.45, 2.75) is 53.2 Å². The number of ether oxygens (including phenoxy) is 1. The van der Waals surface area contributed by atoms with Gasteiger partial charge < -0.3 is 10.1 Å². The van der Waals surface area contributed by atoms with Gasteiger partial charge in [0.05, 0.1) is 12.3 Å². The Morgan fingerprint density at radius 2 is 2.05 bits per heavy atom. The minimum atomic E-state index is 0.177. The van der Waals surface area contributed by atoms with E-state index < -0.39 is 0 Å². The number of nitrogens with zero attached hydrogens (tertiary/aromatic N) is 1. The monoisotopic (exact) mass is 262 g/mol. The predicted octanol–water partition coefficient (Wildman–Crippen LogP) is 3.66. The third-order valence-electron chi connectivity index (χ3n) is 2.69. The van der Waals surface area contributed by atoms with Crippen LogP contribution in [0.25, 0.3) is 5.57 Å². The molecule has 0 aliphatic heterocycles. The van der Waals surface area contributed by atoms with Gasteiger partial charge in [0.1, 0.15) is 5.75 Å². The molecule has 0 bridgehead atoms. The number of hydrogen-bond donors (Lipinski definition) is 1. The lowest BCUT2D eigenvalue weighted by molar-refractivity contribution is 0.241. The molecule has 19 heavy (non-hydrogen) atoms. The van der Waals surface area contributed by atoms with Crippen LogP contribution in [-0.4, -0.2) is 23.7 Å². The molecule has 1 aromatic rings. The third-order valence-corrected chi connectivity index (χ3v) is 2.69. The van der Waals surface area contributed by atoms with E-state index in [9.17, 15) is 0 Å². The van der Waals surface area contributed by atoms with Crippen LogP contribution in [0.15, 0.2) is 24.5 Å². The fourth-order valence-electron chi connectivity index (χ4n) is 1.75. The maximum Gasteiger partial charge on any atom is 0.138 e. The van der Waals surface area contributed by atoms with Gasteiger partial charge in [-0.3, -0.25) is 4.98 Å². The standard InChI is InChI=1S/C16H26N2O/c1-12(2)18-8-6-7-14(5)15-9-16(11-17-10-15)19-13(3)4/h7,9-13,18H,6,8H2,1-5H3/b14-7-. The van der Waals surface area contributed by atoms with Gasteiger partial charge >= 0.3 is 0 Å². The molecule has 1 heterocycles. The zero-order valence-corrected chi connectivity index (χ0v) is 12.7. The molecule has 0 spiro atoms. The molecular weight excluding hydrogens is 236 g/mol. The van der Waals surface area contributed by atoms with E-state index in [-0.39, 0.29) is 6.10 Å². The highest BCUT2D eigenvalue weighted by Crippen LogP contribution is 2.19. The van der Waals surface area contributed by atoms with Gasteiger partial charge in [-0.05, 0) is 50.9 Å². The molecule has 3 heteroatoms. The fourth-order valence-corrected chi connectivity index (χ4v) is 1.75. The number of aromatic nitrogens is 1. The highest BCUT2D eigenvalue weighted by Gasteiger charge is 2.02. The quantitative estimate of drug-likeness (QED) is 0.761. The number of nitrogens with one attached hydrogen (secondary N) is 1. The van der Waals surface area contributed by atoms with E-state index in [1.807, 2.05) is 20.0 Å². The van der Waals surface area contributed by atoms with Crippen molar-refractivity contribution in [2.24, 2.45) is 0 Å². The minimum absolute atomic E-state index is 0.177. The molecule has 0 saturated heterocycles. The van der Waals surface area contributed by atoms with Gasteiger partial charge in [-0.1, -0.05) is 19.9 Å². The van der Waals surface area contributed by atoms with Crippen LogP contribution >= 0.6 is 0 Å². The van der Waals surface area contributed by atoms with Gasteiger partial charge in [0.15, 0.2) is 0 Å². The molecule has 0 aromatic carbocycles. The van der Waals surface area contributed by atoms with Crippen molar-refractivity contribution in [1.29, 1.82) is 0 Å². The van der Waals surface area contributed by atoms with Gasteiger partial charge in [-0.25, -0.2) is 0 Å². The van der Waals surface area contributed by atoms with E-state index in [2.05, 4.69) is 43.2 Å². The summed E-state index contributed by atoms with van der Waals surface area (Å²) >= 11 is 0. The largest absolute Gasteiger partial charge is 0.489 e. The zero-order chi connectivity index (χ0) is 14.3. The van der Waals surface area contributed by atoms with Crippen LogP contribution in [-0.2, 0) is 0 Å². The molecule has 0 unspecified atom stereocenters. The first kappa shape index (κ1) is 15.7. The maximum absolute atomic E-state index is 5.66. The number of hydrogen-bond acceptors (Lipinski definition) is 3. The summed E-state index contributed by atoms with van der Waals surface area (Å²) in [7, 11) is 0. The second-order valence-corrected chi connectivity index (χ2v) is 5.36. The van der Waals surface area contributed by atoms with E-state index >= 15 is 0 Å². The molecule has 0 fully saturated rings. The van der Waals surface area contributed by atoms with Crippen molar-refractivity contribution < 1.29 is 4.74 Å². The summed E-state index contributed by atoms with van der Waals surface area (Å²) in [5.41, 5.74) is 2.37. The highest BCUT2D eigenvalue weighted by atomic mass is 16.5. The van der Waals surface area contributed by atoms with Crippen LogP contribution in [0.1, 0.15) is 46.6 Å². The molecule has 0 atom stereocenters. The minimum Gasteiger partial charge on any atom is -0.489 e. The summed E-state index contributed by atoms with van der Waals surface area (Å²) < 4.78 is 5.66. The Hall–Kier alpha value is -1.35. The Balaban J connectivity index is 2.60. The van der Waals surface area contributed by atoms with Crippen LogP contribution in [0, 0.1) is 0 Å². The summed E-state index contributed by atoms with van der Waals surface area (Å²) in [6, 6.07) is 2.59. The Morgan fingerprint density at radius 3 is 2.68 bits per heavy atom. The Kier molecular flexibility index (Phi) is 6.57. The average Bonchev–Trinajstić information content (AvgIpc) is 2.33. The lowest BCUT2D eigenvalue weighted by Gasteiger charge is -2.11. The SMILES string of the molecule is C/C(=C/CCNC(C)C)c1cncc(OC(C)C)c1. The van der Waals surface area contributed by atoms with Crippen LogP contribution in [0.5, 0.6) is 5.75 Å². The van der Waals surface area contributed by atoms with Gasteiger partial charge in [-0.15, -0.1) is 0 Å². The molecule has 3 nitrogen and oxygen atoms in total. The van der Waals surface area contributed by atoms with Crippen molar-refractivity contribution >= 4 is 5.57 Å². The normalized spacial score (nSPS) is 12.3. The topological polar surface area (TPSA) is 34.2 Å². The first-order valence-electron chi connectivity index (χ1n) is 7.01. The summed E-state index contributed by atoms with van der Waals surface area (Å²) in [5.74, 6) is 0.834. The van der Waals surface area contributed by atoms with Gasteiger partial charge in [0, 0.05) is 12.2 Å². The van der Waals surface area contributed by atoms with Crippen LogP contribution in [0.3, 0.4) is 0 Å². The Labute approximate surface area is 117 Å².